The summed E-state index contributed by atoms with van der Waals surface area (Å²) < 4.78 is 31.9. The Balaban J connectivity index is 1.35. The normalized spacial score (nSPS) is 13.4. The molecule has 0 radical (unpaired) electrons. The van der Waals surface area contributed by atoms with Crippen molar-refractivity contribution in [3.63, 3.8) is 0 Å². The average Bonchev–Trinajstić information content (AvgIpc) is 2.99. The molecule has 1 N–H and O–H groups in total. The predicted octanol–water partition coefficient (Wildman–Crippen LogP) is 1.62. The molecule has 0 aliphatic carbocycles. The van der Waals surface area contributed by atoms with Crippen LogP contribution >= 0.6 is 0 Å². The maximum absolute atomic E-state index is 15.2. The number of aromatic nitrogens is 2. The van der Waals surface area contributed by atoms with Gasteiger partial charge in [0.15, 0.2) is 11.3 Å². The molecule has 0 spiro atoms. The molecular formula is C28H25FN4O10. The molecule has 1 fully saturated rings. The zero-order chi connectivity index (χ0) is 31.0. The van der Waals surface area contributed by atoms with Gasteiger partial charge in [-0.25, -0.2) is 23.3 Å². The van der Waals surface area contributed by atoms with E-state index in [4.69, 9.17) is 9.15 Å². The molecule has 4 aromatic rings. The van der Waals surface area contributed by atoms with Crippen molar-refractivity contribution >= 4 is 45.6 Å². The number of piperazine rings is 1. The van der Waals surface area contributed by atoms with Crippen LogP contribution in [0.25, 0.3) is 21.9 Å². The molecule has 0 unspecified atom stereocenters. The molecule has 0 bridgehead atoms. The monoisotopic (exact) mass is 596 g/mol. The number of carbonyl (C=O) groups excluding carboxylic acids is 2. The summed E-state index contributed by atoms with van der Waals surface area (Å²) in [6.45, 7) is 2.17. The molecule has 0 saturated carbocycles. The number of para-hydroxylation sites is 1. The van der Waals surface area contributed by atoms with Crippen LogP contribution in [-0.2, 0) is 22.6 Å². The second-order valence-corrected chi connectivity index (χ2v) is 9.60. The van der Waals surface area contributed by atoms with E-state index < -0.39 is 52.7 Å². The number of benzene rings is 2. The molecule has 1 saturated heterocycles. The van der Waals surface area contributed by atoms with Crippen LogP contribution in [-0.4, -0.2) is 70.5 Å². The van der Waals surface area contributed by atoms with E-state index in [9.17, 15) is 33.9 Å². The average molecular weight is 597 g/mol. The lowest BCUT2D eigenvalue weighted by Gasteiger charge is -2.36. The van der Waals surface area contributed by atoms with Gasteiger partial charge in [0, 0.05) is 44.3 Å². The fourth-order valence-corrected chi connectivity index (χ4v) is 5.00. The molecule has 14 nitrogen and oxygen atoms in total. The van der Waals surface area contributed by atoms with Crippen molar-refractivity contribution in [2.45, 2.75) is 20.0 Å². The van der Waals surface area contributed by atoms with Crippen molar-refractivity contribution in [1.29, 1.82) is 0 Å². The number of carboxylic acids is 1. The number of ether oxygens (including phenoxy) is 2. The number of pyridine rings is 1. The zero-order valence-corrected chi connectivity index (χ0v) is 23.0. The number of halogens is 1. The fourth-order valence-electron chi connectivity index (χ4n) is 5.00. The Morgan fingerprint density at radius 3 is 2.42 bits per heavy atom. The molecule has 43 heavy (non-hydrogen) atoms. The van der Waals surface area contributed by atoms with Gasteiger partial charge in [-0.1, -0.05) is 6.07 Å². The summed E-state index contributed by atoms with van der Waals surface area (Å²) in [6.07, 6.45) is 0.146. The summed E-state index contributed by atoms with van der Waals surface area (Å²) in [5.74, 6) is -4.00. The topological polar surface area (TPSA) is 171 Å². The molecular weight excluding hydrogens is 571 g/mol. The van der Waals surface area contributed by atoms with Crippen LogP contribution in [0.3, 0.4) is 0 Å². The minimum atomic E-state index is -1.40. The number of methoxy groups -OCH3 is 1. The van der Waals surface area contributed by atoms with Crippen LogP contribution in [0.5, 0.6) is 5.75 Å². The molecule has 0 atom stereocenters. The van der Waals surface area contributed by atoms with E-state index in [0.29, 0.717) is 16.6 Å². The maximum atomic E-state index is 15.2. The van der Waals surface area contributed by atoms with Crippen LogP contribution in [0.4, 0.5) is 14.9 Å². The minimum Gasteiger partial charge on any atom is -0.477 e. The first-order valence-corrected chi connectivity index (χ1v) is 13.1. The minimum absolute atomic E-state index is 0.0551. The van der Waals surface area contributed by atoms with Gasteiger partial charge in [0.05, 0.1) is 23.7 Å². The first-order valence-electron chi connectivity index (χ1n) is 13.1. The number of fused-ring (bicyclic) bond motifs is 2. The first-order chi connectivity index (χ1) is 20.5. The van der Waals surface area contributed by atoms with Crippen molar-refractivity contribution in [2.75, 3.05) is 38.2 Å². The molecule has 224 valence electrons. The van der Waals surface area contributed by atoms with Crippen LogP contribution in [0.15, 0.2) is 55.3 Å². The number of hydrogen-bond donors (Lipinski definition) is 1. The number of amides is 1. The van der Waals surface area contributed by atoms with Gasteiger partial charge in [-0.3, -0.25) is 14.4 Å². The maximum Gasteiger partial charge on any atom is 0.513 e. The Labute approximate surface area is 240 Å². The van der Waals surface area contributed by atoms with Crippen molar-refractivity contribution in [1.82, 2.24) is 14.0 Å². The Morgan fingerprint density at radius 1 is 1.05 bits per heavy atom. The number of anilines is 1. The molecule has 1 amide bonds. The van der Waals surface area contributed by atoms with Crippen LogP contribution < -0.4 is 26.4 Å². The smallest absolute Gasteiger partial charge is 0.477 e. The second kappa shape index (κ2) is 11.4. The van der Waals surface area contributed by atoms with Gasteiger partial charge >= 0.3 is 17.9 Å². The lowest BCUT2D eigenvalue weighted by atomic mass is 10.1. The van der Waals surface area contributed by atoms with Gasteiger partial charge in [-0.2, -0.15) is 0 Å². The van der Waals surface area contributed by atoms with Crippen LogP contribution in [0, 0.1) is 5.82 Å². The van der Waals surface area contributed by atoms with Gasteiger partial charge in [0.2, 0.25) is 11.3 Å². The Hall–Kier alpha value is -5.47. The highest BCUT2D eigenvalue weighted by molar-refractivity contribution is 5.93. The third-order valence-corrected chi connectivity index (χ3v) is 7.21. The van der Waals surface area contributed by atoms with Crippen LogP contribution in [0.2, 0.25) is 0 Å². The molecule has 2 aromatic carbocycles. The highest BCUT2D eigenvalue weighted by atomic mass is 19.1. The molecule has 15 heteroatoms. The van der Waals surface area contributed by atoms with E-state index in [1.807, 2.05) is 0 Å². The van der Waals surface area contributed by atoms with Crippen molar-refractivity contribution in [3.05, 3.63) is 79.0 Å². The summed E-state index contributed by atoms with van der Waals surface area (Å²) in [5.41, 5.74) is -1.78. The fraction of sp³-hybridized carbons (Fsp3) is 0.286. The largest absolute Gasteiger partial charge is 0.513 e. The SMILES string of the molecule is CCn1cc(C(=O)O)c(=O)c2cc(F)c(N3CCN(C(=O)Cn4c(=O)oc5c(OC(=O)OC)cccc5c4=O)CC3)cc21. The summed E-state index contributed by atoms with van der Waals surface area (Å²) in [6, 6.07) is 6.57. The molecule has 1 aliphatic heterocycles. The lowest BCUT2D eigenvalue weighted by Crippen LogP contribution is -2.51. The number of carbonyl (C=O) groups is 3. The van der Waals surface area contributed by atoms with Gasteiger partial charge in [0.1, 0.15) is 17.9 Å². The molecule has 2 aromatic heterocycles. The van der Waals surface area contributed by atoms with E-state index in [-0.39, 0.29) is 54.0 Å². The molecule has 3 heterocycles. The lowest BCUT2D eigenvalue weighted by molar-refractivity contribution is -0.132. The van der Waals surface area contributed by atoms with E-state index in [0.717, 1.165) is 13.2 Å². The molecule has 5 rings (SSSR count). The number of hydrogen-bond acceptors (Lipinski definition) is 10. The Morgan fingerprint density at radius 2 is 1.77 bits per heavy atom. The van der Waals surface area contributed by atoms with Crippen LogP contribution in [0.1, 0.15) is 17.3 Å². The number of aromatic carboxylic acids is 1. The van der Waals surface area contributed by atoms with Crippen molar-refractivity contribution in [2.24, 2.45) is 0 Å². The van der Waals surface area contributed by atoms with E-state index in [1.165, 1.54) is 35.4 Å². The highest BCUT2D eigenvalue weighted by Crippen LogP contribution is 2.27. The highest BCUT2D eigenvalue weighted by Gasteiger charge is 2.26. The summed E-state index contributed by atoms with van der Waals surface area (Å²) >= 11 is 0. The van der Waals surface area contributed by atoms with Gasteiger partial charge in [0.25, 0.3) is 5.56 Å². The summed E-state index contributed by atoms with van der Waals surface area (Å²) in [7, 11) is 1.09. The Bertz CT molecular complexity index is 1970. The first kappa shape index (κ1) is 29.0. The summed E-state index contributed by atoms with van der Waals surface area (Å²) in [4.78, 5) is 77.5. The Kier molecular flexibility index (Phi) is 7.72. The number of rotatable bonds is 6. The van der Waals surface area contributed by atoms with Gasteiger partial charge in [-0.05, 0) is 31.2 Å². The van der Waals surface area contributed by atoms with E-state index in [2.05, 4.69) is 4.74 Å². The van der Waals surface area contributed by atoms with E-state index >= 15 is 4.39 Å². The second-order valence-electron chi connectivity index (χ2n) is 9.60. The third-order valence-electron chi connectivity index (χ3n) is 7.21. The van der Waals surface area contributed by atoms with E-state index in [1.54, 1.807) is 16.4 Å². The van der Waals surface area contributed by atoms with Gasteiger partial charge < -0.3 is 33.4 Å². The van der Waals surface area contributed by atoms with Crippen molar-refractivity contribution in [3.8, 4) is 5.75 Å². The van der Waals surface area contributed by atoms with Crippen molar-refractivity contribution < 1.29 is 37.8 Å². The predicted molar refractivity (Wildman–Crippen MR) is 149 cm³/mol. The quantitative estimate of drug-likeness (QED) is 0.253. The number of aryl methyl sites for hydroxylation is 1. The number of nitrogens with zero attached hydrogens (tertiary/aromatic N) is 4. The van der Waals surface area contributed by atoms with Gasteiger partial charge in [-0.15, -0.1) is 0 Å². The molecule has 1 aliphatic rings. The number of carboxylic acid groups (broad SMARTS) is 1. The standard InChI is InChI=1S/C28H25FN4O10/c1-3-30-13-17(26(37)38)23(35)16-11-18(29)20(12-19(16)30)31-7-9-32(10-8-31)22(34)14-33-25(36)15-5-4-6-21(42-28(40)41-2)24(15)43-27(33)39/h4-6,11-13H,3,7-10,14H2,1-2H3,(H,37,38). The zero-order valence-electron chi connectivity index (χ0n) is 23.0. The summed E-state index contributed by atoms with van der Waals surface area (Å²) in [5, 5.41) is 9.21. The third kappa shape index (κ3) is 5.31.